The van der Waals surface area contributed by atoms with Crippen LogP contribution in [0.3, 0.4) is 0 Å². The lowest BCUT2D eigenvalue weighted by atomic mass is 10.1. The number of aryl methyl sites for hydroxylation is 2. The molecule has 0 saturated carbocycles. The topological polar surface area (TPSA) is 90.5 Å². The third-order valence-electron chi connectivity index (χ3n) is 4.45. The van der Waals surface area contributed by atoms with Gasteiger partial charge in [-0.3, -0.25) is 9.48 Å². The number of tetrazole rings is 1. The normalized spacial score (nSPS) is 11.2. The van der Waals surface area contributed by atoms with Gasteiger partial charge in [0.1, 0.15) is 0 Å². The maximum atomic E-state index is 12.6. The highest BCUT2D eigenvalue weighted by molar-refractivity contribution is 5.95. The number of carbonyl (C=O) groups is 1. The van der Waals surface area contributed by atoms with Crippen LogP contribution in [0.2, 0.25) is 0 Å². The minimum Gasteiger partial charge on any atom is -0.348 e. The summed E-state index contributed by atoms with van der Waals surface area (Å²) < 4.78 is 3.56. The SMILES string of the molecule is Cc1nn(C)c(C)c1CNC(=O)c1cccc(-c2nnnn2C(C)C)c1. The first-order chi connectivity index (χ1) is 12.4. The number of carbonyl (C=O) groups excluding carboxylic acids is 1. The molecule has 136 valence electrons. The van der Waals surface area contributed by atoms with Crippen molar-refractivity contribution in [2.75, 3.05) is 0 Å². The summed E-state index contributed by atoms with van der Waals surface area (Å²) >= 11 is 0. The predicted molar refractivity (Wildman–Crippen MR) is 97.5 cm³/mol. The molecule has 0 unspecified atom stereocenters. The van der Waals surface area contributed by atoms with E-state index in [0.29, 0.717) is 17.9 Å². The molecule has 2 heterocycles. The summed E-state index contributed by atoms with van der Waals surface area (Å²) in [6, 6.07) is 7.46. The molecule has 3 aromatic rings. The lowest BCUT2D eigenvalue weighted by Crippen LogP contribution is -2.23. The molecular formula is C18H23N7O. The number of hydrogen-bond donors (Lipinski definition) is 1. The first-order valence-corrected chi connectivity index (χ1v) is 8.54. The van der Waals surface area contributed by atoms with Gasteiger partial charge in [-0.05, 0) is 50.3 Å². The molecule has 1 amide bonds. The second-order valence-electron chi connectivity index (χ2n) is 6.58. The highest BCUT2D eigenvalue weighted by Gasteiger charge is 2.15. The zero-order chi connectivity index (χ0) is 18.8. The molecular weight excluding hydrogens is 330 g/mol. The lowest BCUT2D eigenvalue weighted by Gasteiger charge is -2.09. The van der Waals surface area contributed by atoms with Crippen LogP contribution in [-0.2, 0) is 13.6 Å². The zero-order valence-corrected chi connectivity index (χ0v) is 15.7. The Kier molecular flexibility index (Phi) is 4.83. The Hall–Kier alpha value is -3.03. The smallest absolute Gasteiger partial charge is 0.251 e. The summed E-state index contributed by atoms with van der Waals surface area (Å²) in [4.78, 5) is 12.6. The average Bonchev–Trinajstić information content (AvgIpc) is 3.19. The molecule has 0 bridgehead atoms. The van der Waals surface area contributed by atoms with Crippen LogP contribution in [0.25, 0.3) is 11.4 Å². The standard InChI is InChI=1S/C18H23N7O/c1-11(2)25-17(20-22-23-25)14-7-6-8-15(9-14)18(26)19-10-16-12(3)21-24(5)13(16)4/h6-9,11H,10H2,1-5H3,(H,19,26). The Balaban J connectivity index is 1.79. The Morgan fingerprint density at radius 3 is 2.69 bits per heavy atom. The third-order valence-corrected chi connectivity index (χ3v) is 4.45. The minimum atomic E-state index is -0.141. The number of hydrogen-bond acceptors (Lipinski definition) is 5. The molecule has 8 nitrogen and oxygen atoms in total. The van der Waals surface area contributed by atoms with E-state index in [-0.39, 0.29) is 11.9 Å². The summed E-state index contributed by atoms with van der Waals surface area (Å²) in [5, 5.41) is 19.2. The summed E-state index contributed by atoms with van der Waals surface area (Å²) in [5.41, 5.74) is 4.40. The van der Waals surface area contributed by atoms with E-state index in [2.05, 4.69) is 25.9 Å². The van der Waals surface area contributed by atoms with Gasteiger partial charge in [0.05, 0.1) is 11.7 Å². The van der Waals surface area contributed by atoms with Crippen molar-refractivity contribution in [2.45, 2.75) is 40.3 Å². The van der Waals surface area contributed by atoms with Crippen molar-refractivity contribution >= 4 is 5.91 Å². The molecule has 8 heteroatoms. The van der Waals surface area contributed by atoms with Crippen LogP contribution in [0.1, 0.15) is 47.2 Å². The molecule has 0 saturated heterocycles. The van der Waals surface area contributed by atoms with E-state index in [1.165, 1.54) is 0 Å². The van der Waals surface area contributed by atoms with Gasteiger partial charge >= 0.3 is 0 Å². The maximum Gasteiger partial charge on any atom is 0.251 e. The van der Waals surface area contributed by atoms with Crippen LogP contribution in [-0.4, -0.2) is 35.9 Å². The quantitative estimate of drug-likeness (QED) is 0.759. The highest BCUT2D eigenvalue weighted by Crippen LogP contribution is 2.20. The van der Waals surface area contributed by atoms with E-state index < -0.39 is 0 Å². The van der Waals surface area contributed by atoms with Crippen molar-refractivity contribution in [1.29, 1.82) is 0 Å². The molecule has 0 fully saturated rings. The van der Waals surface area contributed by atoms with Crippen LogP contribution in [0, 0.1) is 13.8 Å². The number of amides is 1. The van der Waals surface area contributed by atoms with Gasteiger partial charge in [-0.2, -0.15) is 5.10 Å². The van der Waals surface area contributed by atoms with Gasteiger partial charge in [0.2, 0.25) is 0 Å². The van der Waals surface area contributed by atoms with Gasteiger partial charge < -0.3 is 5.32 Å². The Morgan fingerprint density at radius 1 is 1.27 bits per heavy atom. The minimum absolute atomic E-state index is 0.133. The molecule has 0 spiro atoms. The van der Waals surface area contributed by atoms with E-state index in [9.17, 15) is 4.79 Å². The van der Waals surface area contributed by atoms with Crippen molar-refractivity contribution in [3.63, 3.8) is 0 Å². The largest absolute Gasteiger partial charge is 0.348 e. The fourth-order valence-corrected chi connectivity index (χ4v) is 2.88. The maximum absolute atomic E-state index is 12.6. The average molecular weight is 353 g/mol. The molecule has 2 aromatic heterocycles. The predicted octanol–water partition coefficient (Wildman–Crippen LogP) is 2.20. The van der Waals surface area contributed by atoms with Gasteiger partial charge in [-0.25, -0.2) is 4.68 Å². The fraction of sp³-hybridized carbons (Fsp3) is 0.389. The van der Waals surface area contributed by atoms with Gasteiger partial charge in [-0.1, -0.05) is 12.1 Å². The van der Waals surface area contributed by atoms with Gasteiger partial charge in [0.25, 0.3) is 5.91 Å². The van der Waals surface area contributed by atoms with E-state index in [1.54, 1.807) is 10.7 Å². The van der Waals surface area contributed by atoms with Crippen LogP contribution in [0.4, 0.5) is 0 Å². The van der Waals surface area contributed by atoms with Crippen molar-refractivity contribution in [3.8, 4) is 11.4 Å². The van der Waals surface area contributed by atoms with Crippen LogP contribution in [0.15, 0.2) is 24.3 Å². The highest BCUT2D eigenvalue weighted by atomic mass is 16.1. The number of rotatable bonds is 5. The number of nitrogens with zero attached hydrogens (tertiary/aromatic N) is 6. The van der Waals surface area contributed by atoms with Crippen molar-refractivity contribution < 1.29 is 4.79 Å². The van der Waals surface area contributed by atoms with E-state index in [4.69, 9.17) is 0 Å². The lowest BCUT2D eigenvalue weighted by molar-refractivity contribution is 0.0951. The molecule has 1 N–H and O–H groups in total. The molecule has 0 atom stereocenters. The second kappa shape index (κ2) is 7.07. The van der Waals surface area contributed by atoms with Gasteiger partial charge in [-0.15, -0.1) is 5.10 Å². The number of nitrogens with one attached hydrogen (secondary N) is 1. The van der Waals surface area contributed by atoms with E-state index in [1.807, 2.05) is 57.6 Å². The van der Waals surface area contributed by atoms with Crippen molar-refractivity contribution in [1.82, 2.24) is 35.3 Å². The van der Waals surface area contributed by atoms with Gasteiger partial charge in [0, 0.05) is 36.0 Å². The van der Waals surface area contributed by atoms with Gasteiger partial charge in [0.15, 0.2) is 5.82 Å². The molecule has 0 aliphatic rings. The Labute approximate surface area is 152 Å². The summed E-state index contributed by atoms with van der Waals surface area (Å²) in [7, 11) is 1.90. The van der Waals surface area contributed by atoms with Crippen molar-refractivity contribution in [3.05, 3.63) is 46.8 Å². The molecule has 3 rings (SSSR count). The van der Waals surface area contributed by atoms with Crippen molar-refractivity contribution in [2.24, 2.45) is 7.05 Å². The van der Waals surface area contributed by atoms with Crippen LogP contribution >= 0.6 is 0 Å². The fourth-order valence-electron chi connectivity index (χ4n) is 2.88. The summed E-state index contributed by atoms with van der Waals surface area (Å²) in [5.74, 6) is 0.506. The van der Waals surface area contributed by atoms with E-state index >= 15 is 0 Å². The van der Waals surface area contributed by atoms with Crippen LogP contribution < -0.4 is 5.32 Å². The first kappa shape index (κ1) is 17.8. The molecule has 0 aliphatic carbocycles. The first-order valence-electron chi connectivity index (χ1n) is 8.54. The Bertz CT molecular complexity index is 939. The number of aromatic nitrogens is 6. The van der Waals surface area contributed by atoms with Crippen LogP contribution in [0.5, 0.6) is 0 Å². The monoisotopic (exact) mass is 353 g/mol. The summed E-state index contributed by atoms with van der Waals surface area (Å²) in [6.45, 7) is 8.40. The third kappa shape index (κ3) is 3.35. The number of benzene rings is 1. The second-order valence-corrected chi connectivity index (χ2v) is 6.58. The van der Waals surface area contributed by atoms with E-state index in [0.717, 1.165) is 22.5 Å². The molecule has 1 aromatic carbocycles. The molecule has 26 heavy (non-hydrogen) atoms. The summed E-state index contributed by atoms with van der Waals surface area (Å²) in [6.07, 6.45) is 0. The zero-order valence-electron chi connectivity index (χ0n) is 15.7. The molecule has 0 radical (unpaired) electrons. The Morgan fingerprint density at radius 2 is 2.04 bits per heavy atom. The molecule has 0 aliphatic heterocycles.